The molecule has 4 aromatic carbocycles. The first-order chi connectivity index (χ1) is 25.8. The van der Waals surface area contributed by atoms with E-state index in [1.54, 1.807) is 29.1 Å². The van der Waals surface area contributed by atoms with Gasteiger partial charge in [-0.15, -0.1) is 17.5 Å². The summed E-state index contributed by atoms with van der Waals surface area (Å²) in [4.78, 5) is 9.33. The zero-order chi connectivity index (χ0) is 37.8. The maximum atomic E-state index is 8.99. The van der Waals surface area contributed by atoms with Gasteiger partial charge in [0.2, 0.25) is 0 Å². The number of ether oxygens (including phenoxy) is 1. The van der Waals surface area contributed by atoms with Crippen molar-refractivity contribution in [3.05, 3.63) is 158 Å². The van der Waals surface area contributed by atoms with Gasteiger partial charge in [-0.1, -0.05) is 108 Å². The zero-order valence-electron chi connectivity index (χ0n) is 32.6. The minimum absolute atomic E-state index is 0. The standard InChI is InChI=1S/C46H41N5O.Pt/c1-45(2,3)30-32-19-21-48-44(25-32)51-41-18-15-34(33-11-8-7-9-12-33)26-40(41)39-17-16-37(28-42(39)51)52-38-20-22-47-43(29-38)50-24-23-49(31-50)36-14-10-13-35(27-36)46(4,5)6;/h7-27H,30H2,1-6H3;/q-2;/i30D2;. The fraction of sp³-hybridized carbons (Fsp3) is 0.196. The second-order valence-electron chi connectivity index (χ2n) is 15.1. The van der Waals surface area contributed by atoms with Gasteiger partial charge >= 0.3 is 0 Å². The molecular formula is C46H41N5OPt-2. The monoisotopic (exact) mass is 876 g/mol. The first-order valence-electron chi connectivity index (χ1n) is 18.5. The third-order valence-corrected chi connectivity index (χ3v) is 8.93. The first kappa shape index (κ1) is 33.5. The number of hydrogen-bond donors (Lipinski definition) is 0. The van der Waals surface area contributed by atoms with Gasteiger partial charge in [0.1, 0.15) is 5.82 Å². The van der Waals surface area contributed by atoms with Gasteiger partial charge in [-0.05, 0) is 80.9 Å². The molecule has 53 heavy (non-hydrogen) atoms. The molecule has 0 radical (unpaired) electrons. The topological polar surface area (TPSA) is 48.8 Å². The van der Waals surface area contributed by atoms with Gasteiger partial charge in [-0.25, -0.2) is 4.98 Å². The molecule has 0 atom stereocenters. The molecule has 7 heteroatoms. The predicted molar refractivity (Wildman–Crippen MR) is 208 cm³/mol. The van der Waals surface area contributed by atoms with E-state index in [-0.39, 0.29) is 26.5 Å². The fourth-order valence-electron chi connectivity index (χ4n) is 6.44. The van der Waals surface area contributed by atoms with Crippen LogP contribution < -0.4 is 9.30 Å². The Balaban J connectivity index is 0.00000465. The Bertz CT molecular complexity index is 2650. The Morgan fingerprint density at radius 1 is 0.755 bits per heavy atom. The van der Waals surface area contributed by atoms with E-state index in [0.29, 0.717) is 28.7 Å². The van der Waals surface area contributed by atoms with Crippen LogP contribution in [0.15, 0.2) is 128 Å². The van der Waals surface area contributed by atoms with Gasteiger partial charge in [0.25, 0.3) is 6.33 Å². The van der Waals surface area contributed by atoms with Crippen LogP contribution in [0, 0.1) is 23.9 Å². The second kappa shape index (κ2) is 14.2. The summed E-state index contributed by atoms with van der Waals surface area (Å²) in [6.07, 6.45) is 8.99. The van der Waals surface area contributed by atoms with Crippen LogP contribution >= 0.6 is 0 Å². The van der Waals surface area contributed by atoms with Crippen molar-refractivity contribution in [2.75, 3.05) is 0 Å². The zero-order valence-corrected chi connectivity index (χ0v) is 32.9. The maximum Gasteiger partial charge on any atom is 0.268 e. The molecule has 0 bridgehead atoms. The average molecular weight is 877 g/mol. The number of benzene rings is 4. The van der Waals surface area contributed by atoms with Crippen LogP contribution in [-0.4, -0.2) is 19.1 Å². The number of pyridine rings is 2. The van der Waals surface area contributed by atoms with Crippen molar-refractivity contribution >= 4 is 21.8 Å². The minimum Gasteiger partial charge on any atom is -0.522 e. The van der Waals surface area contributed by atoms with Gasteiger partial charge in [0.05, 0.1) is 11.5 Å². The van der Waals surface area contributed by atoms with Gasteiger partial charge < -0.3 is 9.30 Å². The summed E-state index contributed by atoms with van der Waals surface area (Å²) >= 11 is 0. The first-order valence-corrected chi connectivity index (χ1v) is 17.5. The largest absolute Gasteiger partial charge is 0.522 e. The Morgan fingerprint density at radius 2 is 1.55 bits per heavy atom. The molecule has 4 aromatic heterocycles. The second-order valence-corrected chi connectivity index (χ2v) is 15.1. The van der Waals surface area contributed by atoms with E-state index in [1.807, 2.05) is 78.7 Å². The van der Waals surface area contributed by atoms with E-state index in [1.165, 1.54) is 5.56 Å². The average Bonchev–Trinajstić information content (AvgIpc) is 3.78. The molecule has 0 aliphatic rings. The number of aromatic nitrogens is 5. The molecule has 0 aliphatic heterocycles. The van der Waals surface area contributed by atoms with Crippen LogP contribution in [-0.2, 0) is 32.9 Å². The molecule has 0 saturated heterocycles. The summed E-state index contributed by atoms with van der Waals surface area (Å²) in [5.41, 5.74) is 6.13. The number of fused-ring (bicyclic) bond motifs is 3. The predicted octanol–water partition coefficient (Wildman–Crippen LogP) is 10.4. The number of hydrogen-bond acceptors (Lipinski definition) is 3. The molecule has 0 unspecified atom stereocenters. The molecule has 0 aliphatic carbocycles. The molecule has 0 amide bonds. The van der Waals surface area contributed by atoms with Crippen LogP contribution in [0.5, 0.6) is 11.5 Å². The van der Waals surface area contributed by atoms with Crippen LogP contribution in [0.2, 0.25) is 0 Å². The van der Waals surface area contributed by atoms with Gasteiger partial charge in [-0.3, -0.25) is 14.1 Å². The summed E-state index contributed by atoms with van der Waals surface area (Å²) in [5, 5.41) is 2.00. The Labute approximate surface area is 328 Å². The molecular weight excluding hydrogens is 834 g/mol. The van der Waals surface area contributed by atoms with Crippen LogP contribution in [0.3, 0.4) is 0 Å². The Morgan fingerprint density at radius 3 is 2.34 bits per heavy atom. The quantitative estimate of drug-likeness (QED) is 0.118. The van der Waals surface area contributed by atoms with Crippen molar-refractivity contribution in [2.45, 2.75) is 53.3 Å². The van der Waals surface area contributed by atoms with Crippen molar-refractivity contribution < 1.29 is 33.1 Å². The van der Waals surface area contributed by atoms with E-state index in [9.17, 15) is 0 Å². The Hall–Kier alpha value is -5.32. The Kier molecular flexibility index (Phi) is 9.01. The van der Waals surface area contributed by atoms with Gasteiger partial charge in [-0.2, -0.15) is 18.2 Å². The molecule has 4 heterocycles. The fourth-order valence-corrected chi connectivity index (χ4v) is 6.44. The van der Waals surface area contributed by atoms with Crippen molar-refractivity contribution in [3.8, 4) is 39.9 Å². The van der Waals surface area contributed by atoms with Gasteiger partial charge in [0.15, 0.2) is 0 Å². The molecule has 0 N–H and O–H groups in total. The number of imidazole rings is 1. The SMILES string of the molecule is [2H]C([2H])(c1ccnc(-n2c3[c-]c(Oc4[c-]c(-n5[c-][n+](-c6cccc(C(C)(C)C)c6)cc5)ncc4)ccc3c3cc(-c4ccccc4)ccc32)c1)C(C)(C)C.[Pt]. The summed E-state index contributed by atoms with van der Waals surface area (Å²) in [6, 6.07) is 41.3. The van der Waals surface area contributed by atoms with Crippen molar-refractivity contribution in [3.63, 3.8) is 0 Å². The molecule has 8 rings (SSSR count). The van der Waals surface area contributed by atoms with Crippen LogP contribution in [0.1, 0.15) is 55.4 Å². The van der Waals surface area contributed by atoms with Crippen molar-refractivity contribution in [1.29, 1.82) is 0 Å². The van der Waals surface area contributed by atoms with E-state index >= 15 is 0 Å². The summed E-state index contributed by atoms with van der Waals surface area (Å²) in [6.45, 7) is 12.3. The van der Waals surface area contributed by atoms with E-state index < -0.39 is 11.8 Å². The molecule has 268 valence electrons. The molecule has 0 spiro atoms. The number of rotatable bonds is 7. The third-order valence-electron chi connectivity index (χ3n) is 8.93. The van der Waals surface area contributed by atoms with Crippen LogP contribution in [0.4, 0.5) is 0 Å². The van der Waals surface area contributed by atoms with E-state index in [4.69, 9.17) is 12.5 Å². The van der Waals surface area contributed by atoms with Crippen LogP contribution in [0.25, 0.3) is 50.3 Å². The number of nitrogens with zero attached hydrogens (tertiary/aromatic N) is 5. The summed E-state index contributed by atoms with van der Waals surface area (Å²) in [7, 11) is 0. The summed E-state index contributed by atoms with van der Waals surface area (Å²) in [5.74, 6) is 2.11. The van der Waals surface area contributed by atoms with Crippen molar-refractivity contribution in [2.24, 2.45) is 5.41 Å². The third kappa shape index (κ3) is 7.61. The smallest absolute Gasteiger partial charge is 0.268 e. The van der Waals surface area contributed by atoms with E-state index in [2.05, 4.69) is 98.8 Å². The normalized spacial score (nSPS) is 12.7. The van der Waals surface area contributed by atoms with Gasteiger partial charge in [0, 0.05) is 53.7 Å². The molecule has 0 fully saturated rings. The molecule has 8 aromatic rings. The molecule has 6 nitrogen and oxygen atoms in total. The maximum absolute atomic E-state index is 8.99. The van der Waals surface area contributed by atoms with Crippen molar-refractivity contribution in [1.82, 2.24) is 19.1 Å². The molecule has 0 saturated carbocycles. The van der Waals surface area contributed by atoms with E-state index in [0.717, 1.165) is 38.6 Å². The minimum atomic E-state index is -1.59. The summed E-state index contributed by atoms with van der Waals surface area (Å²) < 4.78 is 30.2.